The van der Waals surface area contributed by atoms with E-state index in [2.05, 4.69) is 10.0 Å². The van der Waals surface area contributed by atoms with E-state index in [-0.39, 0.29) is 40.6 Å². The van der Waals surface area contributed by atoms with Crippen molar-refractivity contribution in [3.05, 3.63) is 65.7 Å². The normalized spacial score (nSPS) is 20.2. The van der Waals surface area contributed by atoms with Gasteiger partial charge in [0.05, 0.1) is 4.90 Å². The minimum Gasteiger partial charge on any atom is -0.316 e. The Balaban J connectivity index is 0.00000243. The molecular formula is C19H23ClN2O3S. The Labute approximate surface area is 160 Å². The lowest BCUT2D eigenvalue weighted by molar-refractivity contribution is 0.103. The predicted octanol–water partition coefficient (Wildman–Crippen LogP) is 2.62. The summed E-state index contributed by atoms with van der Waals surface area (Å²) in [6.45, 7) is 3.57. The summed E-state index contributed by atoms with van der Waals surface area (Å²) in [7, 11) is -3.78. The van der Waals surface area contributed by atoms with Gasteiger partial charge in [0, 0.05) is 17.2 Å². The van der Waals surface area contributed by atoms with Crippen molar-refractivity contribution in [1.82, 2.24) is 10.0 Å². The van der Waals surface area contributed by atoms with Crippen LogP contribution in [0.4, 0.5) is 0 Å². The predicted molar refractivity (Wildman–Crippen MR) is 104 cm³/mol. The molecule has 0 spiro atoms. The fraction of sp³-hybridized carbons (Fsp3) is 0.316. The van der Waals surface area contributed by atoms with Gasteiger partial charge in [0.2, 0.25) is 10.0 Å². The fourth-order valence-corrected chi connectivity index (χ4v) is 4.67. The van der Waals surface area contributed by atoms with Gasteiger partial charge in [0.25, 0.3) is 0 Å². The summed E-state index contributed by atoms with van der Waals surface area (Å²) in [5, 5.41) is 3.25. The Hall–Kier alpha value is -1.73. The number of hydrogen-bond donors (Lipinski definition) is 2. The van der Waals surface area contributed by atoms with Gasteiger partial charge in [-0.05, 0) is 37.6 Å². The first-order chi connectivity index (χ1) is 12.0. The molecule has 2 atom stereocenters. The third-order valence-corrected chi connectivity index (χ3v) is 6.10. The minimum absolute atomic E-state index is 0. The number of sulfonamides is 1. The molecule has 0 aliphatic carbocycles. The lowest BCUT2D eigenvalue weighted by Gasteiger charge is -2.30. The van der Waals surface area contributed by atoms with Gasteiger partial charge in [-0.1, -0.05) is 49.4 Å². The molecule has 5 nitrogen and oxygen atoms in total. The van der Waals surface area contributed by atoms with Gasteiger partial charge in [-0.25, -0.2) is 13.1 Å². The number of ketones is 1. The van der Waals surface area contributed by atoms with Gasteiger partial charge < -0.3 is 5.32 Å². The molecule has 1 aliphatic rings. The zero-order valence-electron chi connectivity index (χ0n) is 14.5. The standard InChI is InChI=1S/C19H22N2O3S.ClH/c1-14-13-20-12-11-17(14)21-25(23,24)18-10-6-5-9-16(18)19(22)15-7-3-2-4-8-15;/h2-10,14,17,20-21H,11-13H2,1H3;1H. The molecule has 1 heterocycles. The molecule has 0 saturated carbocycles. The van der Waals surface area contributed by atoms with E-state index >= 15 is 0 Å². The highest BCUT2D eigenvalue weighted by molar-refractivity contribution is 7.89. The van der Waals surface area contributed by atoms with Crippen molar-refractivity contribution in [2.24, 2.45) is 5.92 Å². The topological polar surface area (TPSA) is 75.3 Å². The molecule has 2 aromatic rings. The molecule has 2 aromatic carbocycles. The number of rotatable bonds is 5. The number of hydrogen-bond acceptors (Lipinski definition) is 4. The molecule has 0 amide bonds. The zero-order chi connectivity index (χ0) is 17.9. The number of carbonyl (C=O) groups excluding carboxylic acids is 1. The van der Waals surface area contributed by atoms with Crippen molar-refractivity contribution >= 4 is 28.2 Å². The number of benzene rings is 2. The average Bonchev–Trinajstić information content (AvgIpc) is 2.64. The van der Waals surface area contributed by atoms with E-state index in [9.17, 15) is 13.2 Å². The van der Waals surface area contributed by atoms with E-state index in [1.54, 1.807) is 42.5 Å². The van der Waals surface area contributed by atoms with E-state index in [0.29, 0.717) is 5.56 Å². The Morgan fingerprint density at radius 3 is 2.42 bits per heavy atom. The van der Waals surface area contributed by atoms with Gasteiger partial charge in [-0.2, -0.15) is 0 Å². The molecule has 2 unspecified atom stereocenters. The van der Waals surface area contributed by atoms with Crippen LogP contribution in [-0.2, 0) is 10.0 Å². The summed E-state index contributed by atoms with van der Waals surface area (Å²) in [6.07, 6.45) is 0.731. The van der Waals surface area contributed by atoms with Crippen molar-refractivity contribution in [2.75, 3.05) is 13.1 Å². The lowest BCUT2D eigenvalue weighted by Crippen LogP contribution is -2.48. The van der Waals surface area contributed by atoms with Gasteiger partial charge >= 0.3 is 0 Å². The molecule has 1 fully saturated rings. The van der Waals surface area contributed by atoms with Crippen LogP contribution in [0.2, 0.25) is 0 Å². The van der Waals surface area contributed by atoms with Crippen LogP contribution in [0.15, 0.2) is 59.5 Å². The smallest absolute Gasteiger partial charge is 0.241 e. The molecular weight excluding hydrogens is 372 g/mol. The minimum atomic E-state index is -3.78. The summed E-state index contributed by atoms with van der Waals surface area (Å²) in [5.41, 5.74) is 0.670. The highest BCUT2D eigenvalue weighted by Gasteiger charge is 2.29. The molecule has 7 heteroatoms. The third-order valence-electron chi connectivity index (χ3n) is 4.55. The average molecular weight is 395 g/mol. The van der Waals surface area contributed by atoms with Crippen LogP contribution >= 0.6 is 12.4 Å². The SMILES string of the molecule is CC1CNCCC1NS(=O)(=O)c1ccccc1C(=O)c1ccccc1.Cl. The summed E-state index contributed by atoms with van der Waals surface area (Å²) < 4.78 is 28.6. The molecule has 3 rings (SSSR count). The van der Waals surface area contributed by atoms with E-state index in [0.717, 1.165) is 19.5 Å². The van der Waals surface area contributed by atoms with E-state index in [4.69, 9.17) is 0 Å². The number of piperidine rings is 1. The monoisotopic (exact) mass is 394 g/mol. The fourth-order valence-electron chi connectivity index (χ4n) is 3.09. The van der Waals surface area contributed by atoms with Crippen LogP contribution in [0.5, 0.6) is 0 Å². The van der Waals surface area contributed by atoms with Crippen molar-refractivity contribution in [3.63, 3.8) is 0 Å². The van der Waals surface area contributed by atoms with Gasteiger partial charge in [-0.15, -0.1) is 12.4 Å². The summed E-state index contributed by atoms with van der Waals surface area (Å²) >= 11 is 0. The largest absolute Gasteiger partial charge is 0.316 e. The third kappa shape index (κ3) is 4.51. The van der Waals surface area contributed by atoms with Crippen molar-refractivity contribution in [3.8, 4) is 0 Å². The number of carbonyl (C=O) groups is 1. The van der Waals surface area contributed by atoms with Crippen LogP contribution in [-0.4, -0.2) is 33.3 Å². The molecule has 26 heavy (non-hydrogen) atoms. The second-order valence-electron chi connectivity index (χ2n) is 6.39. The van der Waals surface area contributed by atoms with E-state index in [1.807, 2.05) is 13.0 Å². The molecule has 140 valence electrons. The number of nitrogens with one attached hydrogen (secondary N) is 2. The van der Waals surface area contributed by atoms with Crippen LogP contribution in [0, 0.1) is 5.92 Å². The van der Waals surface area contributed by atoms with Crippen molar-refractivity contribution in [2.45, 2.75) is 24.3 Å². The maximum Gasteiger partial charge on any atom is 0.241 e. The first-order valence-electron chi connectivity index (χ1n) is 8.41. The summed E-state index contributed by atoms with van der Waals surface area (Å²) in [5.74, 6) is -0.0968. The van der Waals surface area contributed by atoms with Gasteiger partial charge in [-0.3, -0.25) is 4.79 Å². The van der Waals surface area contributed by atoms with Crippen molar-refractivity contribution < 1.29 is 13.2 Å². The quantitative estimate of drug-likeness (QED) is 0.764. The molecule has 0 radical (unpaired) electrons. The second-order valence-corrected chi connectivity index (χ2v) is 8.07. The molecule has 2 N–H and O–H groups in total. The summed E-state index contributed by atoms with van der Waals surface area (Å²) in [6, 6.07) is 15.0. The molecule has 0 bridgehead atoms. The van der Waals surface area contributed by atoms with Crippen LogP contribution in [0.25, 0.3) is 0 Å². The van der Waals surface area contributed by atoms with Crippen molar-refractivity contribution in [1.29, 1.82) is 0 Å². The van der Waals surface area contributed by atoms with E-state index < -0.39 is 10.0 Å². The Morgan fingerprint density at radius 1 is 1.08 bits per heavy atom. The molecule has 1 saturated heterocycles. The Morgan fingerprint density at radius 2 is 1.73 bits per heavy atom. The maximum absolute atomic E-state index is 12.9. The Bertz CT molecular complexity index is 856. The molecule has 1 aliphatic heterocycles. The van der Waals surface area contributed by atoms with Crippen LogP contribution in [0.1, 0.15) is 29.3 Å². The van der Waals surface area contributed by atoms with Crippen LogP contribution in [0.3, 0.4) is 0 Å². The number of halogens is 1. The van der Waals surface area contributed by atoms with Crippen LogP contribution < -0.4 is 10.0 Å². The zero-order valence-corrected chi connectivity index (χ0v) is 16.1. The summed E-state index contributed by atoms with van der Waals surface area (Å²) in [4.78, 5) is 12.8. The highest BCUT2D eigenvalue weighted by Crippen LogP contribution is 2.21. The molecule has 0 aromatic heterocycles. The maximum atomic E-state index is 12.9. The second kappa shape index (κ2) is 8.77. The van der Waals surface area contributed by atoms with Gasteiger partial charge in [0.15, 0.2) is 5.78 Å². The first kappa shape index (κ1) is 20.6. The highest BCUT2D eigenvalue weighted by atomic mass is 35.5. The van der Waals surface area contributed by atoms with Gasteiger partial charge in [0.1, 0.15) is 0 Å². The lowest BCUT2D eigenvalue weighted by atomic mass is 9.97. The Kier molecular flexibility index (Phi) is 6.94. The first-order valence-corrected chi connectivity index (χ1v) is 9.89. The van der Waals surface area contributed by atoms with E-state index in [1.165, 1.54) is 6.07 Å².